The number of amides is 2. The van der Waals surface area contributed by atoms with Crippen molar-refractivity contribution in [2.75, 3.05) is 19.5 Å². The second-order valence-electron chi connectivity index (χ2n) is 7.27. The molecule has 0 bridgehead atoms. The van der Waals surface area contributed by atoms with Crippen molar-refractivity contribution in [1.29, 1.82) is 0 Å². The van der Waals surface area contributed by atoms with Gasteiger partial charge in [0, 0.05) is 10.9 Å². The Morgan fingerprint density at radius 3 is 2.50 bits per heavy atom. The molecule has 0 saturated heterocycles. The molecule has 1 heterocycles. The lowest BCUT2D eigenvalue weighted by Crippen LogP contribution is -2.47. The maximum atomic E-state index is 12.9. The Labute approximate surface area is 195 Å². The van der Waals surface area contributed by atoms with Gasteiger partial charge in [-0.25, -0.2) is 4.98 Å². The molecule has 0 fully saturated rings. The van der Waals surface area contributed by atoms with E-state index < -0.39 is 11.9 Å². The van der Waals surface area contributed by atoms with Crippen molar-refractivity contribution in [1.82, 2.24) is 10.3 Å². The van der Waals surface area contributed by atoms with Crippen LogP contribution >= 0.6 is 22.9 Å². The molecule has 32 heavy (non-hydrogen) atoms. The number of thiazole rings is 1. The number of anilines is 1. The van der Waals surface area contributed by atoms with Crippen LogP contribution in [0.15, 0.2) is 47.8 Å². The summed E-state index contributed by atoms with van der Waals surface area (Å²) in [6.45, 7) is 3.71. The summed E-state index contributed by atoms with van der Waals surface area (Å²) in [6, 6.07) is 11.3. The highest BCUT2D eigenvalue weighted by Gasteiger charge is 2.26. The summed E-state index contributed by atoms with van der Waals surface area (Å²) in [5.74, 6) is 0.381. The van der Waals surface area contributed by atoms with E-state index in [-0.39, 0.29) is 11.8 Å². The molecule has 168 valence electrons. The van der Waals surface area contributed by atoms with Crippen LogP contribution in [0.5, 0.6) is 11.5 Å². The van der Waals surface area contributed by atoms with Crippen LogP contribution in [0.25, 0.3) is 11.3 Å². The molecule has 3 aromatic rings. The van der Waals surface area contributed by atoms with E-state index in [0.29, 0.717) is 32.9 Å². The van der Waals surface area contributed by atoms with Gasteiger partial charge in [0.25, 0.3) is 5.91 Å². The van der Waals surface area contributed by atoms with E-state index in [1.165, 1.54) is 11.3 Å². The molecule has 9 heteroatoms. The van der Waals surface area contributed by atoms with Crippen molar-refractivity contribution in [3.8, 4) is 22.8 Å². The number of benzene rings is 2. The van der Waals surface area contributed by atoms with Gasteiger partial charge in [0.05, 0.1) is 30.5 Å². The zero-order valence-corrected chi connectivity index (χ0v) is 19.7. The van der Waals surface area contributed by atoms with Crippen molar-refractivity contribution in [2.45, 2.75) is 19.9 Å². The first-order valence-corrected chi connectivity index (χ1v) is 11.1. The molecule has 0 aliphatic rings. The van der Waals surface area contributed by atoms with Crippen LogP contribution in [-0.2, 0) is 4.79 Å². The molecule has 0 radical (unpaired) electrons. The summed E-state index contributed by atoms with van der Waals surface area (Å²) >= 11 is 7.39. The minimum absolute atomic E-state index is 0.153. The smallest absolute Gasteiger partial charge is 0.253 e. The predicted molar refractivity (Wildman–Crippen MR) is 127 cm³/mol. The number of rotatable bonds is 8. The number of carbonyl (C=O) groups is 2. The van der Waals surface area contributed by atoms with E-state index in [1.807, 2.05) is 25.3 Å². The monoisotopic (exact) mass is 473 g/mol. The van der Waals surface area contributed by atoms with Crippen LogP contribution in [-0.4, -0.2) is 37.1 Å². The van der Waals surface area contributed by atoms with Crippen LogP contribution in [0.1, 0.15) is 24.2 Å². The van der Waals surface area contributed by atoms with Crippen molar-refractivity contribution in [3.05, 3.63) is 58.4 Å². The molecule has 7 nitrogen and oxygen atoms in total. The SMILES string of the molecule is COc1ccc(OC)c(-c2csc(NC(=O)[C@@H](NC(=O)c3ccccc3Cl)C(C)C)n2)c1. The van der Waals surface area contributed by atoms with Crippen LogP contribution in [0.4, 0.5) is 5.13 Å². The third kappa shape index (κ3) is 5.38. The van der Waals surface area contributed by atoms with E-state index in [0.717, 1.165) is 5.56 Å². The van der Waals surface area contributed by atoms with E-state index >= 15 is 0 Å². The number of hydrogen-bond donors (Lipinski definition) is 2. The number of aromatic nitrogens is 1. The predicted octanol–water partition coefficient (Wildman–Crippen LogP) is 4.87. The molecule has 0 aliphatic carbocycles. The van der Waals surface area contributed by atoms with Crippen LogP contribution < -0.4 is 20.1 Å². The number of halogens is 1. The molecule has 0 saturated carbocycles. The Kier molecular flexibility index (Phi) is 7.71. The van der Waals surface area contributed by atoms with Crippen LogP contribution in [0, 0.1) is 5.92 Å². The average molecular weight is 474 g/mol. The van der Waals surface area contributed by atoms with E-state index in [1.54, 1.807) is 50.6 Å². The summed E-state index contributed by atoms with van der Waals surface area (Å²) < 4.78 is 10.7. The van der Waals surface area contributed by atoms with Crippen molar-refractivity contribution < 1.29 is 19.1 Å². The third-order valence-electron chi connectivity index (χ3n) is 4.77. The first-order chi connectivity index (χ1) is 15.3. The number of carbonyl (C=O) groups excluding carboxylic acids is 2. The fraction of sp³-hybridized carbons (Fsp3) is 0.261. The molecular formula is C23H24ClN3O4S. The van der Waals surface area contributed by atoms with Crippen LogP contribution in [0.3, 0.4) is 0 Å². The summed E-state index contributed by atoms with van der Waals surface area (Å²) in [5, 5.41) is 8.12. The summed E-state index contributed by atoms with van der Waals surface area (Å²) in [4.78, 5) is 30.1. The molecule has 1 aromatic heterocycles. The first kappa shape index (κ1) is 23.6. The van der Waals surface area contributed by atoms with Gasteiger partial charge in [-0.2, -0.15) is 0 Å². The van der Waals surface area contributed by atoms with Crippen LogP contribution in [0.2, 0.25) is 5.02 Å². The van der Waals surface area contributed by atoms with Gasteiger partial charge in [0.15, 0.2) is 5.13 Å². The van der Waals surface area contributed by atoms with Crippen molar-refractivity contribution in [3.63, 3.8) is 0 Å². The fourth-order valence-electron chi connectivity index (χ4n) is 3.05. The lowest BCUT2D eigenvalue weighted by atomic mass is 10.0. The molecule has 0 aliphatic heterocycles. The zero-order valence-electron chi connectivity index (χ0n) is 18.1. The van der Waals surface area contributed by atoms with E-state index in [2.05, 4.69) is 15.6 Å². The first-order valence-electron chi connectivity index (χ1n) is 9.88. The Morgan fingerprint density at radius 2 is 1.84 bits per heavy atom. The highest BCUT2D eigenvalue weighted by atomic mass is 35.5. The number of nitrogens with one attached hydrogen (secondary N) is 2. The van der Waals surface area contributed by atoms with Gasteiger partial charge in [-0.1, -0.05) is 37.6 Å². The van der Waals surface area contributed by atoms with Crippen molar-refractivity contribution in [2.24, 2.45) is 5.92 Å². The largest absolute Gasteiger partial charge is 0.497 e. The third-order valence-corrected chi connectivity index (χ3v) is 5.86. The van der Waals surface area contributed by atoms with Gasteiger partial charge in [-0.05, 0) is 36.2 Å². The number of methoxy groups -OCH3 is 2. The number of ether oxygens (including phenoxy) is 2. The minimum Gasteiger partial charge on any atom is -0.497 e. The average Bonchev–Trinajstić information content (AvgIpc) is 3.25. The second kappa shape index (κ2) is 10.5. The molecule has 2 N–H and O–H groups in total. The lowest BCUT2D eigenvalue weighted by Gasteiger charge is -2.21. The van der Waals surface area contributed by atoms with Gasteiger partial charge in [-0.3, -0.25) is 9.59 Å². The van der Waals surface area contributed by atoms with E-state index in [9.17, 15) is 9.59 Å². The Hall–Kier alpha value is -3.10. The number of hydrogen-bond acceptors (Lipinski definition) is 6. The van der Waals surface area contributed by atoms with Gasteiger partial charge < -0.3 is 20.1 Å². The summed E-state index contributed by atoms with van der Waals surface area (Å²) in [6.07, 6.45) is 0. The highest BCUT2D eigenvalue weighted by Crippen LogP contribution is 2.35. The Balaban J connectivity index is 1.77. The molecule has 2 amide bonds. The normalized spacial score (nSPS) is 11.7. The molecule has 1 atom stereocenters. The minimum atomic E-state index is -0.766. The molecular weight excluding hydrogens is 450 g/mol. The fourth-order valence-corrected chi connectivity index (χ4v) is 3.99. The summed E-state index contributed by atoms with van der Waals surface area (Å²) in [5.41, 5.74) is 1.70. The number of nitrogens with zero attached hydrogens (tertiary/aromatic N) is 1. The molecule has 0 unspecified atom stereocenters. The standard InChI is InChI=1S/C23H24ClN3O4S/c1-13(2)20(26-21(28)15-7-5-6-8-17(15)24)22(29)27-23-25-18(12-32-23)16-11-14(30-3)9-10-19(16)31-4/h5-13,20H,1-4H3,(H,26,28)(H,25,27,29)/t20-/m0/s1. The van der Waals surface area contributed by atoms with Gasteiger partial charge in [0.2, 0.25) is 5.91 Å². The van der Waals surface area contributed by atoms with Gasteiger partial charge in [0.1, 0.15) is 17.5 Å². The second-order valence-corrected chi connectivity index (χ2v) is 8.53. The van der Waals surface area contributed by atoms with E-state index in [4.69, 9.17) is 21.1 Å². The molecule has 3 rings (SSSR count). The topological polar surface area (TPSA) is 89.5 Å². The summed E-state index contributed by atoms with van der Waals surface area (Å²) in [7, 11) is 3.16. The van der Waals surface area contributed by atoms with Gasteiger partial charge in [-0.15, -0.1) is 11.3 Å². The highest BCUT2D eigenvalue weighted by molar-refractivity contribution is 7.14. The Bertz CT molecular complexity index is 1120. The quantitative estimate of drug-likeness (QED) is 0.487. The zero-order chi connectivity index (χ0) is 23.3. The lowest BCUT2D eigenvalue weighted by molar-refractivity contribution is -0.118. The maximum Gasteiger partial charge on any atom is 0.253 e. The van der Waals surface area contributed by atoms with Crippen molar-refractivity contribution >= 4 is 39.9 Å². The Morgan fingerprint density at radius 1 is 1.09 bits per heavy atom. The molecule has 2 aromatic carbocycles. The van der Waals surface area contributed by atoms with Gasteiger partial charge >= 0.3 is 0 Å². The molecule has 0 spiro atoms. The maximum absolute atomic E-state index is 12.9.